The number of ether oxygens (including phenoxy) is 1. The average molecular weight is 450 g/mol. The van der Waals surface area contributed by atoms with E-state index in [0.29, 0.717) is 29.1 Å². The van der Waals surface area contributed by atoms with Crippen LogP contribution in [0.25, 0.3) is 10.9 Å². The molecule has 4 rings (SSSR count). The van der Waals surface area contributed by atoms with Crippen molar-refractivity contribution < 1.29 is 24.1 Å². The summed E-state index contributed by atoms with van der Waals surface area (Å²) in [4.78, 5) is 28.7. The van der Waals surface area contributed by atoms with Gasteiger partial charge in [-0.25, -0.2) is 10.1 Å². The van der Waals surface area contributed by atoms with Gasteiger partial charge in [0.1, 0.15) is 25.4 Å². The fraction of sp³-hybridized carbons (Fsp3) is 0.320. The zero-order chi connectivity index (χ0) is 23.4. The van der Waals surface area contributed by atoms with E-state index >= 15 is 0 Å². The summed E-state index contributed by atoms with van der Waals surface area (Å²) in [5.74, 6) is 0.227. The predicted molar refractivity (Wildman–Crippen MR) is 123 cm³/mol. The number of hydroxylamine groups is 1. The lowest BCUT2D eigenvalue weighted by Crippen LogP contribution is -2.55. The lowest BCUT2D eigenvalue weighted by Gasteiger charge is -2.29. The highest BCUT2D eigenvalue weighted by atomic mass is 16.5. The molecule has 2 unspecified atom stereocenters. The number of carbonyl (C=O) groups excluding carboxylic acids is 2. The number of fused-ring (bicyclic) bond motifs is 1. The molecule has 0 spiro atoms. The van der Waals surface area contributed by atoms with Crippen molar-refractivity contribution in [1.29, 1.82) is 0 Å². The summed E-state index contributed by atoms with van der Waals surface area (Å²) in [5, 5.41) is 9.78. The first-order chi connectivity index (χ1) is 15.8. The van der Waals surface area contributed by atoms with Gasteiger partial charge in [-0.2, -0.15) is 5.43 Å². The van der Waals surface area contributed by atoms with Crippen LogP contribution in [0.2, 0.25) is 0 Å². The van der Waals surface area contributed by atoms with E-state index in [1.165, 1.54) is 0 Å². The van der Waals surface area contributed by atoms with Gasteiger partial charge in [-0.1, -0.05) is 18.2 Å². The number of quaternary nitrogens is 1. The lowest BCUT2D eigenvalue weighted by molar-refractivity contribution is -0.933. The monoisotopic (exact) mass is 449 g/mol. The molecule has 0 saturated carbocycles. The van der Waals surface area contributed by atoms with E-state index in [2.05, 4.69) is 10.4 Å². The van der Waals surface area contributed by atoms with Crippen molar-refractivity contribution in [2.75, 3.05) is 20.1 Å². The maximum Gasteiger partial charge on any atom is 0.295 e. The zero-order valence-corrected chi connectivity index (χ0v) is 18.9. The topological polar surface area (TPSA) is 101 Å². The summed E-state index contributed by atoms with van der Waals surface area (Å²) in [6, 6.07) is 17.1. The number of benzene rings is 2. The van der Waals surface area contributed by atoms with Crippen LogP contribution in [0.15, 0.2) is 54.6 Å². The summed E-state index contributed by atoms with van der Waals surface area (Å²) in [5.41, 5.74) is 8.23. The number of rotatable bonds is 7. The summed E-state index contributed by atoms with van der Waals surface area (Å²) in [6.07, 6.45) is 1.05. The Bertz CT molecular complexity index is 1160. The van der Waals surface area contributed by atoms with Crippen LogP contribution in [0.3, 0.4) is 0 Å². The molecule has 8 nitrogen and oxygen atoms in total. The molecule has 2 aromatic carbocycles. The molecule has 1 fully saturated rings. The largest absolute Gasteiger partial charge is 0.489 e. The first kappa shape index (κ1) is 22.7. The number of hydrogen-bond acceptors (Lipinski definition) is 5. The van der Waals surface area contributed by atoms with Gasteiger partial charge in [0.05, 0.1) is 12.6 Å². The lowest BCUT2D eigenvalue weighted by atomic mass is 10.1. The molecule has 1 aliphatic rings. The molecule has 1 aromatic heterocycles. The molecule has 1 saturated heterocycles. The molecule has 0 radical (unpaired) electrons. The quantitative estimate of drug-likeness (QED) is 0.292. The van der Waals surface area contributed by atoms with Gasteiger partial charge in [-0.05, 0) is 43.3 Å². The van der Waals surface area contributed by atoms with E-state index in [0.717, 1.165) is 35.1 Å². The van der Waals surface area contributed by atoms with Crippen LogP contribution in [-0.2, 0) is 11.4 Å². The zero-order valence-electron chi connectivity index (χ0n) is 18.9. The van der Waals surface area contributed by atoms with E-state index in [-0.39, 0.29) is 18.2 Å². The van der Waals surface area contributed by atoms with Gasteiger partial charge in [0.25, 0.3) is 5.91 Å². The normalized spacial score (nSPS) is 19.9. The van der Waals surface area contributed by atoms with Gasteiger partial charge in [-0.15, -0.1) is 0 Å². The second kappa shape index (κ2) is 9.56. The van der Waals surface area contributed by atoms with Crippen molar-refractivity contribution in [2.24, 2.45) is 5.92 Å². The van der Waals surface area contributed by atoms with Crippen LogP contribution in [0, 0.1) is 12.8 Å². The van der Waals surface area contributed by atoms with Crippen LogP contribution in [0.5, 0.6) is 5.75 Å². The number of carbonyl (C=O) groups is 2. The van der Waals surface area contributed by atoms with Crippen LogP contribution < -0.4 is 15.6 Å². The van der Waals surface area contributed by atoms with Gasteiger partial charge in [0.15, 0.2) is 0 Å². The van der Waals surface area contributed by atoms with Crippen LogP contribution in [0.1, 0.15) is 34.5 Å². The molecule has 1 aliphatic heterocycles. The van der Waals surface area contributed by atoms with Crippen molar-refractivity contribution in [3.05, 3.63) is 71.4 Å². The number of aryl methyl sites for hydroxylation is 1. The Hall–Kier alpha value is -3.49. The molecule has 2 heterocycles. The van der Waals surface area contributed by atoms with Gasteiger partial charge in [0.2, 0.25) is 5.91 Å². The Kier molecular flexibility index (Phi) is 6.57. The Balaban J connectivity index is 1.36. The minimum atomic E-state index is -0.398. The Morgan fingerprint density at radius 2 is 1.94 bits per heavy atom. The molecular formula is C25H29N4O4+. The van der Waals surface area contributed by atoms with Gasteiger partial charge < -0.3 is 4.74 Å². The molecular weight excluding hydrogens is 420 g/mol. The summed E-state index contributed by atoms with van der Waals surface area (Å²) in [6.45, 7) is 3.75. The highest BCUT2D eigenvalue weighted by molar-refractivity contribution is 5.93. The van der Waals surface area contributed by atoms with E-state index < -0.39 is 5.91 Å². The number of likely N-dealkylation sites (tertiary alicyclic amines) is 1. The van der Waals surface area contributed by atoms with Crippen molar-refractivity contribution in [3.8, 4) is 5.75 Å². The highest BCUT2D eigenvalue weighted by Gasteiger charge is 2.37. The summed E-state index contributed by atoms with van der Waals surface area (Å²) in [7, 11) is 1.94. The molecule has 33 heavy (non-hydrogen) atoms. The third kappa shape index (κ3) is 5.47. The maximum absolute atomic E-state index is 12.8. The molecule has 8 heteroatoms. The molecule has 2 amide bonds. The minimum Gasteiger partial charge on any atom is -0.489 e. The smallest absolute Gasteiger partial charge is 0.295 e. The Labute approximate surface area is 192 Å². The molecule has 3 aromatic rings. The van der Waals surface area contributed by atoms with E-state index in [4.69, 9.17) is 9.94 Å². The van der Waals surface area contributed by atoms with Crippen LogP contribution in [0.4, 0.5) is 0 Å². The van der Waals surface area contributed by atoms with E-state index in [1.807, 2.05) is 44.3 Å². The van der Waals surface area contributed by atoms with Gasteiger partial charge >= 0.3 is 0 Å². The van der Waals surface area contributed by atoms with E-state index in [9.17, 15) is 9.59 Å². The number of pyridine rings is 1. The highest BCUT2D eigenvalue weighted by Crippen LogP contribution is 2.24. The Morgan fingerprint density at radius 1 is 1.18 bits per heavy atom. The number of hydrogen-bond donors (Lipinski definition) is 3. The molecule has 3 N–H and O–H groups in total. The average Bonchev–Trinajstić information content (AvgIpc) is 3.17. The second-order valence-corrected chi connectivity index (χ2v) is 8.89. The van der Waals surface area contributed by atoms with Gasteiger partial charge in [0, 0.05) is 41.0 Å². The molecule has 0 aliphatic carbocycles. The van der Waals surface area contributed by atoms with Crippen LogP contribution in [-0.4, -0.2) is 46.7 Å². The van der Waals surface area contributed by atoms with Crippen molar-refractivity contribution in [3.63, 3.8) is 0 Å². The van der Waals surface area contributed by atoms with Crippen molar-refractivity contribution in [2.45, 2.75) is 26.4 Å². The maximum atomic E-state index is 12.8. The molecule has 2 atom stereocenters. The summed E-state index contributed by atoms with van der Waals surface area (Å²) < 4.78 is 6.34. The standard InChI is InChI=1S/C25H28N4O4/c1-17-13-20(22-5-3-4-6-23(22)26-17)16-33-21-9-7-19(8-10-21)25(31)27-29(2)12-11-18(15-29)14-24(30)28-32/h3-10,13,18H,11-12,14-16H2,1-2H3,(H2-,27,28,30,31,32)/p+1. The fourth-order valence-electron chi connectivity index (χ4n) is 4.48. The number of nitrogens with zero attached hydrogens (tertiary/aromatic N) is 2. The Morgan fingerprint density at radius 3 is 2.70 bits per heavy atom. The van der Waals surface area contributed by atoms with Crippen molar-refractivity contribution in [1.82, 2.24) is 15.9 Å². The van der Waals surface area contributed by atoms with Crippen molar-refractivity contribution >= 4 is 22.7 Å². The number of nitrogens with one attached hydrogen (secondary N) is 2. The fourth-order valence-corrected chi connectivity index (χ4v) is 4.48. The predicted octanol–water partition coefficient (Wildman–Crippen LogP) is 3.13. The third-order valence-corrected chi connectivity index (χ3v) is 6.10. The summed E-state index contributed by atoms with van der Waals surface area (Å²) >= 11 is 0. The molecule has 172 valence electrons. The first-order valence-corrected chi connectivity index (χ1v) is 11.0. The number of para-hydroxylation sites is 1. The SMILES string of the molecule is Cc1cc(COc2ccc(C(=O)N[N+]3(C)CCC(CC(=O)NO)C3)cc2)c2ccccc2n1. The van der Waals surface area contributed by atoms with Crippen LogP contribution >= 0.6 is 0 Å². The van der Waals surface area contributed by atoms with Gasteiger partial charge in [-0.3, -0.25) is 19.8 Å². The van der Waals surface area contributed by atoms with E-state index in [1.54, 1.807) is 29.7 Å². The number of aromatic nitrogens is 1. The minimum absolute atomic E-state index is 0.117. The first-order valence-electron chi connectivity index (χ1n) is 11.0. The molecule has 0 bridgehead atoms. The third-order valence-electron chi connectivity index (χ3n) is 6.10. The number of amides is 2. The second-order valence-electron chi connectivity index (χ2n) is 8.89.